The Kier molecular flexibility index (Phi) is 15.0. The number of hydrogen-bond donors (Lipinski definition) is 0. The minimum atomic E-state index is -3.09. The lowest BCUT2D eigenvalue weighted by Crippen LogP contribution is -2.52. The van der Waals surface area contributed by atoms with Gasteiger partial charge in [-0.1, -0.05) is 71.7 Å². The van der Waals surface area contributed by atoms with E-state index in [1.54, 1.807) is 17.8 Å². The van der Waals surface area contributed by atoms with Crippen LogP contribution in [0.5, 0.6) is 17.2 Å². The SMILES string of the molecule is Cn1nc(C(=O)N2CCS[C@H]2C(=O)O[C@@H](Cc2c(Cl)cncc2Cl)c2ccc(OC(F)F)c(OCC3CC3)c2)cc1COc1cccc([C@@H](CC(=O)O[C@H]2CN3CCC2CC3)c2ccccc2)c1. The van der Waals surface area contributed by atoms with E-state index in [2.05, 4.69) is 15.0 Å². The lowest BCUT2D eigenvalue weighted by atomic mass is 9.85. The summed E-state index contributed by atoms with van der Waals surface area (Å²) in [5.74, 6) is 0.00877. The van der Waals surface area contributed by atoms with Gasteiger partial charge in [0.05, 0.1) is 28.8 Å². The van der Waals surface area contributed by atoms with Crippen LogP contribution in [0.1, 0.15) is 82.6 Å². The van der Waals surface area contributed by atoms with Gasteiger partial charge in [-0.3, -0.25) is 24.2 Å². The number of halogens is 4. The molecule has 5 aliphatic rings. The first-order chi connectivity index (χ1) is 32.9. The molecule has 358 valence electrons. The van der Waals surface area contributed by atoms with Crippen molar-refractivity contribution in [1.29, 1.82) is 0 Å². The number of carbonyl (C=O) groups excluding carboxylic acids is 3. The number of alkyl halides is 2. The van der Waals surface area contributed by atoms with Gasteiger partial charge in [0.15, 0.2) is 22.6 Å². The van der Waals surface area contributed by atoms with Gasteiger partial charge >= 0.3 is 18.6 Å². The van der Waals surface area contributed by atoms with Gasteiger partial charge in [0.2, 0.25) is 0 Å². The third-order valence-corrected chi connectivity index (χ3v) is 14.8. The van der Waals surface area contributed by atoms with Crippen LogP contribution in [0.15, 0.2) is 91.3 Å². The number of aromatic nitrogens is 3. The third kappa shape index (κ3) is 11.5. The first kappa shape index (κ1) is 47.6. The quantitative estimate of drug-likeness (QED) is 0.0730. The number of thioether (sulfide) groups is 1. The molecule has 1 amide bonds. The van der Waals surface area contributed by atoms with E-state index in [-0.39, 0.29) is 71.2 Å². The number of ether oxygens (including phenoxy) is 5. The predicted octanol–water partition coefficient (Wildman–Crippen LogP) is 9.29. The van der Waals surface area contributed by atoms with Crippen LogP contribution >= 0.6 is 35.0 Å². The van der Waals surface area contributed by atoms with Gasteiger partial charge in [-0.2, -0.15) is 13.9 Å². The zero-order chi connectivity index (χ0) is 47.3. The van der Waals surface area contributed by atoms with Gasteiger partial charge in [0, 0.05) is 50.6 Å². The maximum atomic E-state index is 14.2. The van der Waals surface area contributed by atoms with Crippen molar-refractivity contribution in [1.82, 2.24) is 24.6 Å². The highest BCUT2D eigenvalue weighted by atomic mass is 35.5. The summed E-state index contributed by atoms with van der Waals surface area (Å²) in [6, 6.07) is 23.6. The molecule has 0 spiro atoms. The molecule has 4 atom stereocenters. The van der Waals surface area contributed by atoms with E-state index in [9.17, 15) is 23.2 Å². The Balaban J connectivity index is 0.879. The fourth-order valence-electron chi connectivity index (χ4n) is 9.05. The number of pyridine rings is 1. The molecule has 5 aromatic rings. The smallest absolute Gasteiger partial charge is 0.387 e. The Morgan fingerprint density at radius 2 is 1.62 bits per heavy atom. The lowest BCUT2D eigenvalue weighted by Gasteiger charge is -2.44. The maximum Gasteiger partial charge on any atom is 0.387 e. The van der Waals surface area contributed by atoms with E-state index in [0.717, 1.165) is 56.4 Å². The van der Waals surface area contributed by atoms with Crippen LogP contribution in [0.3, 0.4) is 0 Å². The Morgan fingerprint density at radius 3 is 2.34 bits per heavy atom. The molecule has 4 saturated heterocycles. The Morgan fingerprint density at radius 1 is 0.853 bits per heavy atom. The molecule has 1 saturated carbocycles. The van der Waals surface area contributed by atoms with Gasteiger partial charge in [0.25, 0.3) is 5.91 Å². The Bertz CT molecular complexity index is 2580. The zero-order valence-electron chi connectivity index (χ0n) is 37.3. The van der Waals surface area contributed by atoms with Crippen LogP contribution in [0.4, 0.5) is 8.78 Å². The number of hydrogen-bond acceptors (Lipinski definition) is 12. The van der Waals surface area contributed by atoms with Gasteiger partial charge in [-0.15, -0.1) is 11.8 Å². The number of aryl methyl sites for hydroxylation is 1. The number of nitrogens with zero attached hydrogens (tertiary/aromatic N) is 5. The third-order valence-electron chi connectivity index (χ3n) is 13.0. The summed E-state index contributed by atoms with van der Waals surface area (Å²) >= 11 is 14.3. The summed E-state index contributed by atoms with van der Waals surface area (Å²) < 4.78 is 57.6. The predicted molar refractivity (Wildman–Crippen MR) is 251 cm³/mol. The second-order valence-corrected chi connectivity index (χ2v) is 19.6. The number of benzene rings is 3. The first-order valence-electron chi connectivity index (χ1n) is 22.8. The van der Waals surface area contributed by atoms with E-state index in [4.69, 9.17) is 46.9 Å². The lowest BCUT2D eigenvalue weighted by molar-refractivity contribution is -0.159. The molecule has 68 heavy (non-hydrogen) atoms. The van der Waals surface area contributed by atoms with E-state index in [1.165, 1.54) is 47.3 Å². The molecule has 13 nitrogen and oxygen atoms in total. The van der Waals surface area contributed by atoms with Crippen LogP contribution in [-0.2, 0) is 39.1 Å². The first-order valence-corrected chi connectivity index (χ1v) is 24.6. The van der Waals surface area contributed by atoms with Crippen LogP contribution in [0, 0.1) is 11.8 Å². The summed E-state index contributed by atoms with van der Waals surface area (Å²) in [7, 11) is 1.71. The van der Waals surface area contributed by atoms with Crippen molar-refractivity contribution in [3.05, 3.63) is 135 Å². The summed E-state index contributed by atoms with van der Waals surface area (Å²) in [4.78, 5) is 49.7. The average molecular weight is 991 g/mol. The van der Waals surface area contributed by atoms with Crippen molar-refractivity contribution in [3.63, 3.8) is 0 Å². The molecule has 2 aromatic heterocycles. The second-order valence-electron chi connectivity index (χ2n) is 17.6. The fraction of sp³-hybridized carbons (Fsp3) is 0.420. The van der Waals surface area contributed by atoms with E-state index < -0.39 is 30.0 Å². The highest BCUT2D eigenvalue weighted by molar-refractivity contribution is 8.00. The summed E-state index contributed by atoms with van der Waals surface area (Å²) in [5, 5.41) is 3.96. The second kappa shape index (κ2) is 21.5. The van der Waals surface area contributed by atoms with Crippen LogP contribution < -0.4 is 14.2 Å². The molecule has 6 heterocycles. The Hall–Kier alpha value is -5.42. The molecule has 0 unspecified atom stereocenters. The normalized spacial score (nSPS) is 20.8. The molecular weight excluding hydrogens is 940 g/mol. The molecule has 18 heteroatoms. The van der Waals surface area contributed by atoms with Gasteiger partial charge in [-0.25, -0.2) is 4.79 Å². The van der Waals surface area contributed by atoms with Crippen molar-refractivity contribution >= 4 is 52.8 Å². The standard InChI is InChI=1S/C50H51Cl2F2N5O8S/c1-57-35(29-63-36-9-5-8-33(20-36)37(31-6-3-2-4-7-31)24-46(60)65-45-27-58-16-14-32(45)15-17-58)22-41(56-57)47(61)59-18-19-68-48(59)49(62)66-43(23-38-39(51)25-55-26-40(38)52)34-12-13-42(67-50(53)54)44(21-34)64-28-30-10-11-30/h2-9,12-13,20-22,25-26,30,32,37,43,45,48,50H,10-11,14-19,23-24,27-29H2,1H3/t37-,43-,45-,48-/m0/s1. The number of piperidine rings is 3. The van der Waals surface area contributed by atoms with Gasteiger partial charge < -0.3 is 28.6 Å². The molecule has 5 fully saturated rings. The van der Waals surface area contributed by atoms with Crippen LogP contribution in [-0.4, -0.2) is 99.0 Å². The fourth-order valence-corrected chi connectivity index (χ4v) is 10.7. The monoisotopic (exact) mass is 989 g/mol. The molecule has 10 rings (SSSR count). The summed E-state index contributed by atoms with van der Waals surface area (Å²) in [6.45, 7) is 0.476. The van der Waals surface area contributed by atoms with Crippen molar-refractivity contribution in [2.45, 2.75) is 75.2 Å². The van der Waals surface area contributed by atoms with Gasteiger partial charge in [-0.05, 0) is 103 Å². The highest BCUT2D eigenvalue weighted by Crippen LogP contribution is 2.40. The molecule has 3 aromatic carbocycles. The summed E-state index contributed by atoms with van der Waals surface area (Å²) in [6.07, 6.45) is 5.96. The van der Waals surface area contributed by atoms with Crippen molar-refractivity contribution in [3.8, 4) is 17.2 Å². The number of esters is 2. The Labute approximate surface area is 407 Å². The highest BCUT2D eigenvalue weighted by Gasteiger charge is 2.40. The molecule has 2 bridgehead atoms. The number of carbonyl (C=O) groups is 3. The average Bonchev–Trinajstić information content (AvgIpc) is 3.90. The van der Waals surface area contributed by atoms with E-state index in [0.29, 0.717) is 46.8 Å². The number of fused-ring (bicyclic) bond motifs is 3. The van der Waals surface area contributed by atoms with Gasteiger partial charge in [0.1, 0.15) is 24.6 Å². The molecule has 1 aliphatic carbocycles. The van der Waals surface area contributed by atoms with E-state index >= 15 is 0 Å². The zero-order valence-corrected chi connectivity index (χ0v) is 39.6. The minimum absolute atomic E-state index is 0.0000944. The minimum Gasteiger partial charge on any atom is -0.489 e. The van der Waals surface area contributed by atoms with Crippen LogP contribution in [0.25, 0.3) is 0 Å². The molecule has 0 radical (unpaired) electrons. The van der Waals surface area contributed by atoms with Crippen molar-refractivity contribution in [2.75, 3.05) is 38.5 Å². The topological polar surface area (TPSA) is 135 Å². The van der Waals surface area contributed by atoms with Crippen LogP contribution in [0.2, 0.25) is 10.0 Å². The van der Waals surface area contributed by atoms with Crippen molar-refractivity contribution < 1.29 is 46.8 Å². The number of amides is 1. The molecular formula is C50H51Cl2F2N5O8S. The van der Waals surface area contributed by atoms with E-state index in [1.807, 2.05) is 54.6 Å². The number of rotatable bonds is 19. The maximum absolute atomic E-state index is 14.2. The largest absolute Gasteiger partial charge is 0.489 e. The summed E-state index contributed by atoms with van der Waals surface area (Å²) in [5.41, 5.74) is 3.48. The van der Waals surface area contributed by atoms with Crippen molar-refractivity contribution in [2.24, 2.45) is 18.9 Å². The molecule has 0 N–H and O–H groups in total. The molecule has 4 aliphatic heterocycles.